The summed E-state index contributed by atoms with van der Waals surface area (Å²) >= 11 is 0. The molecule has 4 aromatic heterocycles. The first-order valence-electron chi connectivity index (χ1n) is 12.0. The standard InChI is InChI=1S/C31H18N4/c1-2-4-21-17(3-1)9-18-10-19-11-20-12-25-26(14-24(20)23(19)13-22(18)21)31-34-28-5-7-33-16-30(28)35(31)29-6-8-32-15-27(25)29/h1-8,10,12-16H,9,11H2. The van der Waals surface area contributed by atoms with Gasteiger partial charge in [-0.25, -0.2) is 4.98 Å². The first kappa shape index (κ1) is 17.8. The van der Waals surface area contributed by atoms with Crippen LogP contribution in [-0.2, 0) is 12.8 Å². The number of imidazole rings is 1. The fourth-order valence-electron chi connectivity index (χ4n) is 6.42. The Hall–Kier alpha value is -4.57. The van der Waals surface area contributed by atoms with Crippen molar-refractivity contribution in [2.45, 2.75) is 12.8 Å². The Morgan fingerprint density at radius 1 is 0.571 bits per heavy atom. The minimum atomic E-state index is 0.959. The van der Waals surface area contributed by atoms with Gasteiger partial charge in [0.15, 0.2) is 0 Å². The van der Waals surface area contributed by atoms with E-state index in [1.54, 1.807) is 0 Å². The molecule has 0 N–H and O–H groups in total. The maximum Gasteiger partial charge on any atom is 0.146 e. The van der Waals surface area contributed by atoms with Crippen molar-refractivity contribution in [2.75, 3.05) is 0 Å². The lowest BCUT2D eigenvalue weighted by Gasteiger charge is -2.11. The van der Waals surface area contributed by atoms with Crippen LogP contribution in [0, 0.1) is 0 Å². The van der Waals surface area contributed by atoms with Crippen LogP contribution >= 0.6 is 0 Å². The second-order valence-electron chi connectivity index (χ2n) is 9.76. The van der Waals surface area contributed by atoms with Crippen LogP contribution in [0.15, 0.2) is 85.5 Å². The van der Waals surface area contributed by atoms with Gasteiger partial charge in [-0.1, -0.05) is 30.3 Å². The maximum absolute atomic E-state index is 5.07. The highest BCUT2D eigenvalue weighted by atomic mass is 15.0. The largest absolute Gasteiger partial charge is 0.290 e. The van der Waals surface area contributed by atoms with Gasteiger partial charge in [0, 0.05) is 29.4 Å². The second kappa shape index (κ2) is 6.10. The van der Waals surface area contributed by atoms with E-state index >= 15 is 0 Å². The highest BCUT2D eigenvalue weighted by Gasteiger charge is 2.26. The maximum atomic E-state index is 5.07. The lowest BCUT2D eigenvalue weighted by molar-refractivity contribution is 1.21. The Morgan fingerprint density at radius 2 is 1.34 bits per heavy atom. The smallest absolute Gasteiger partial charge is 0.146 e. The number of hydrogen-bond acceptors (Lipinski definition) is 3. The molecule has 0 spiro atoms. The molecule has 0 atom stereocenters. The summed E-state index contributed by atoms with van der Waals surface area (Å²) in [6.07, 6.45) is 9.56. The molecule has 0 aliphatic heterocycles. The van der Waals surface area contributed by atoms with Crippen LogP contribution in [0.2, 0.25) is 0 Å². The average molecular weight is 447 g/mol. The minimum Gasteiger partial charge on any atom is -0.290 e. The Kier molecular flexibility index (Phi) is 3.11. The highest BCUT2D eigenvalue weighted by molar-refractivity contribution is 6.15. The molecule has 4 heterocycles. The zero-order valence-corrected chi connectivity index (χ0v) is 18.8. The van der Waals surface area contributed by atoms with E-state index in [-0.39, 0.29) is 0 Å². The molecule has 4 nitrogen and oxygen atoms in total. The molecule has 0 saturated heterocycles. The Bertz CT molecular complexity index is 2070. The van der Waals surface area contributed by atoms with E-state index in [0.717, 1.165) is 45.8 Å². The Balaban J connectivity index is 1.40. The molecular weight excluding hydrogens is 428 g/mol. The summed E-state index contributed by atoms with van der Waals surface area (Å²) < 4.78 is 2.24. The molecule has 0 saturated carbocycles. The van der Waals surface area contributed by atoms with Gasteiger partial charge in [-0.3, -0.25) is 14.4 Å². The molecule has 35 heavy (non-hydrogen) atoms. The van der Waals surface area contributed by atoms with Gasteiger partial charge in [0.05, 0.1) is 22.7 Å². The van der Waals surface area contributed by atoms with Crippen LogP contribution in [0.4, 0.5) is 0 Å². The average Bonchev–Trinajstić information content (AvgIpc) is 3.57. The second-order valence-corrected chi connectivity index (χ2v) is 9.76. The molecule has 0 bridgehead atoms. The van der Waals surface area contributed by atoms with Crippen molar-refractivity contribution in [3.8, 4) is 22.3 Å². The summed E-state index contributed by atoms with van der Waals surface area (Å²) in [5.41, 5.74) is 15.2. The fourth-order valence-corrected chi connectivity index (χ4v) is 6.42. The Labute approximate surface area is 200 Å². The molecule has 162 valence electrons. The van der Waals surface area contributed by atoms with Gasteiger partial charge in [-0.05, 0) is 93.1 Å². The van der Waals surface area contributed by atoms with E-state index in [4.69, 9.17) is 4.98 Å². The van der Waals surface area contributed by atoms with Crippen LogP contribution < -0.4 is 0 Å². The van der Waals surface area contributed by atoms with Crippen molar-refractivity contribution in [1.29, 1.82) is 0 Å². The quantitative estimate of drug-likeness (QED) is 0.243. The van der Waals surface area contributed by atoms with E-state index in [1.165, 1.54) is 49.9 Å². The number of fused-ring (bicyclic) bond motifs is 14. The first-order valence-corrected chi connectivity index (χ1v) is 12.0. The van der Waals surface area contributed by atoms with Gasteiger partial charge >= 0.3 is 0 Å². The van der Waals surface area contributed by atoms with Crippen LogP contribution in [0.3, 0.4) is 0 Å². The van der Waals surface area contributed by atoms with Crippen molar-refractivity contribution in [3.63, 3.8) is 0 Å². The zero-order chi connectivity index (χ0) is 22.7. The van der Waals surface area contributed by atoms with Crippen molar-refractivity contribution >= 4 is 38.4 Å². The number of nitrogens with zero attached hydrogens (tertiary/aromatic N) is 4. The lowest BCUT2D eigenvalue weighted by Crippen LogP contribution is -1.93. The first-order chi connectivity index (χ1) is 17.3. The van der Waals surface area contributed by atoms with Crippen LogP contribution in [0.5, 0.6) is 0 Å². The number of rotatable bonds is 0. The van der Waals surface area contributed by atoms with Crippen molar-refractivity contribution in [2.24, 2.45) is 0 Å². The topological polar surface area (TPSA) is 43.1 Å². The number of aromatic nitrogens is 4. The SMILES string of the molecule is c1ccc2c(c1)Cc1cc3c(cc1-2)-c1cc2c(cc1C3)c1cnccc1n1c3cnccc3nc21. The molecule has 0 amide bonds. The summed E-state index contributed by atoms with van der Waals surface area (Å²) in [4.78, 5) is 13.9. The third-order valence-electron chi connectivity index (χ3n) is 7.96. The molecule has 0 unspecified atom stereocenters. The summed E-state index contributed by atoms with van der Waals surface area (Å²) in [6.45, 7) is 0. The van der Waals surface area contributed by atoms with Gasteiger partial charge in [-0.15, -0.1) is 0 Å². The molecule has 2 aliphatic carbocycles. The predicted octanol–water partition coefficient (Wildman–Crippen LogP) is 6.73. The predicted molar refractivity (Wildman–Crippen MR) is 140 cm³/mol. The van der Waals surface area contributed by atoms with Crippen LogP contribution in [0.1, 0.15) is 22.3 Å². The fraction of sp³-hybridized carbons (Fsp3) is 0.0645. The summed E-state index contributed by atoms with van der Waals surface area (Å²) in [6, 6.07) is 22.5. The molecule has 2 aliphatic rings. The van der Waals surface area contributed by atoms with E-state index in [1.807, 2.05) is 30.9 Å². The summed E-state index contributed by atoms with van der Waals surface area (Å²) in [7, 11) is 0. The molecule has 7 aromatic rings. The van der Waals surface area contributed by atoms with E-state index in [9.17, 15) is 0 Å². The van der Waals surface area contributed by atoms with Crippen molar-refractivity contribution in [3.05, 3.63) is 108 Å². The molecule has 0 fully saturated rings. The number of pyridine rings is 3. The minimum absolute atomic E-state index is 0.959. The van der Waals surface area contributed by atoms with E-state index < -0.39 is 0 Å². The van der Waals surface area contributed by atoms with Gasteiger partial charge < -0.3 is 0 Å². The highest BCUT2D eigenvalue weighted by Crippen LogP contribution is 2.46. The molecule has 3 aromatic carbocycles. The molecule has 0 radical (unpaired) electrons. The molecule has 9 rings (SSSR count). The number of benzene rings is 3. The summed E-state index contributed by atoms with van der Waals surface area (Å²) in [5.74, 6) is 0. The third-order valence-corrected chi connectivity index (χ3v) is 7.96. The van der Waals surface area contributed by atoms with Crippen LogP contribution in [-0.4, -0.2) is 19.4 Å². The number of hydrogen-bond donors (Lipinski definition) is 0. The lowest BCUT2D eigenvalue weighted by atomic mass is 9.96. The monoisotopic (exact) mass is 446 g/mol. The van der Waals surface area contributed by atoms with E-state index in [0.29, 0.717) is 0 Å². The van der Waals surface area contributed by atoms with Crippen molar-refractivity contribution < 1.29 is 0 Å². The van der Waals surface area contributed by atoms with Crippen LogP contribution in [0.25, 0.3) is 60.6 Å². The molecular formula is C31H18N4. The summed E-state index contributed by atoms with van der Waals surface area (Å²) in [5, 5.41) is 3.52. The Morgan fingerprint density at radius 3 is 2.31 bits per heavy atom. The zero-order valence-electron chi connectivity index (χ0n) is 18.8. The van der Waals surface area contributed by atoms with Gasteiger partial charge in [-0.2, -0.15) is 0 Å². The van der Waals surface area contributed by atoms with Gasteiger partial charge in [0.2, 0.25) is 0 Å². The third kappa shape index (κ3) is 2.20. The molecule has 4 heteroatoms. The van der Waals surface area contributed by atoms with Gasteiger partial charge in [0.25, 0.3) is 0 Å². The van der Waals surface area contributed by atoms with E-state index in [2.05, 4.69) is 69.0 Å². The van der Waals surface area contributed by atoms with Crippen molar-refractivity contribution in [1.82, 2.24) is 19.4 Å². The normalized spacial score (nSPS) is 13.5. The van der Waals surface area contributed by atoms with Gasteiger partial charge in [0.1, 0.15) is 5.65 Å².